The lowest BCUT2D eigenvalue weighted by Gasteiger charge is -2.44. The number of hydrogen-bond donors (Lipinski definition) is 0. The third-order valence-corrected chi connectivity index (χ3v) is 7.73. The van der Waals surface area contributed by atoms with Crippen LogP contribution in [0.25, 0.3) is 16.6 Å². The number of fused-ring (bicyclic) bond motifs is 4. The van der Waals surface area contributed by atoms with Gasteiger partial charge in [0.2, 0.25) is 0 Å². The Kier molecular flexibility index (Phi) is 4.86. The molecule has 0 saturated heterocycles. The zero-order chi connectivity index (χ0) is 22.4. The minimum atomic E-state index is -0.251. The molecule has 0 amide bonds. The topological polar surface area (TPSA) is 47.8 Å². The van der Waals surface area contributed by atoms with Gasteiger partial charge in [-0.1, -0.05) is 6.07 Å². The van der Waals surface area contributed by atoms with Crippen molar-refractivity contribution in [3.8, 4) is 5.69 Å². The van der Waals surface area contributed by atoms with Gasteiger partial charge in [0.1, 0.15) is 11.6 Å². The van der Waals surface area contributed by atoms with E-state index in [4.69, 9.17) is 0 Å². The van der Waals surface area contributed by atoms with Crippen molar-refractivity contribution in [1.82, 2.24) is 14.8 Å². The molecule has 2 aliphatic rings. The van der Waals surface area contributed by atoms with Gasteiger partial charge in [0.15, 0.2) is 0 Å². The largest absolute Gasteiger partial charge is 0.300 e. The molecule has 1 saturated carbocycles. The smallest absolute Gasteiger partial charge is 0.133 e. The molecule has 4 aromatic rings. The maximum Gasteiger partial charge on any atom is 0.133 e. The molecule has 6 rings (SSSR count). The molecule has 0 bridgehead atoms. The predicted octanol–water partition coefficient (Wildman–Crippen LogP) is 5.75. The van der Waals surface area contributed by atoms with Gasteiger partial charge in [0, 0.05) is 35.5 Å². The lowest BCUT2D eigenvalue weighted by atomic mass is 9.59. The lowest BCUT2D eigenvalue weighted by Crippen LogP contribution is -2.42. The van der Waals surface area contributed by atoms with Crippen LogP contribution < -0.4 is 0 Å². The fourth-order valence-electron chi connectivity index (χ4n) is 6.14. The van der Waals surface area contributed by atoms with Crippen LogP contribution in [0, 0.1) is 11.7 Å². The molecule has 0 spiro atoms. The molecule has 2 aliphatic carbocycles. The number of nitrogens with zero attached hydrogens (tertiary/aromatic N) is 3. The third kappa shape index (κ3) is 3.47. The Labute approximate surface area is 192 Å². The fourth-order valence-corrected chi connectivity index (χ4v) is 6.14. The molecular formula is C28H26FN3O. The average Bonchev–Trinajstić information content (AvgIpc) is 3.18. The van der Waals surface area contributed by atoms with Gasteiger partial charge in [-0.05, 0) is 97.7 Å². The van der Waals surface area contributed by atoms with Crippen LogP contribution in [0.4, 0.5) is 4.39 Å². The van der Waals surface area contributed by atoms with Crippen LogP contribution in [0.2, 0.25) is 0 Å². The first kappa shape index (κ1) is 20.3. The molecule has 5 heteroatoms. The summed E-state index contributed by atoms with van der Waals surface area (Å²) < 4.78 is 15.4. The standard InChI is InChI=1S/C28H26FN3O/c29-22-7-9-24(10-8-22)32-27-15-19-4-3-5-21-16-25(33)11-12-28(21,17-23-6-1-2-13-30-23)26(19)14-20(27)18-31-32/h1-2,6-10,13-15,18,21H,3-5,11-12,16-17H2. The Morgan fingerprint density at radius 2 is 1.97 bits per heavy atom. The van der Waals surface area contributed by atoms with Crippen molar-refractivity contribution in [1.29, 1.82) is 0 Å². The second-order valence-electron chi connectivity index (χ2n) is 9.59. The first-order valence-corrected chi connectivity index (χ1v) is 11.8. The average molecular weight is 440 g/mol. The Hall–Kier alpha value is -3.34. The predicted molar refractivity (Wildman–Crippen MR) is 126 cm³/mol. The highest BCUT2D eigenvalue weighted by atomic mass is 19.1. The van der Waals surface area contributed by atoms with Gasteiger partial charge < -0.3 is 0 Å². The zero-order valence-corrected chi connectivity index (χ0v) is 18.5. The van der Waals surface area contributed by atoms with E-state index in [1.807, 2.05) is 23.1 Å². The molecule has 33 heavy (non-hydrogen) atoms. The summed E-state index contributed by atoms with van der Waals surface area (Å²) in [6.45, 7) is 0. The molecule has 2 heterocycles. The van der Waals surface area contributed by atoms with Gasteiger partial charge in [-0.25, -0.2) is 9.07 Å². The number of benzene rings is 2. The Balaban J connectivity index is 1.52. The van der Waals surface area contributed by atoms with Crippen molar-refractivity contribution in [2.24, 2.45) is 5.92 Å². The minimum Gasteiger partial charge on any atom is -0.300 e. The highest BCUT2D eigenvalue weighted by molar-refractivity contribution is 5.84. The Morgan fingerprint density at radius 3 is 2.79 bits per heavy atom. The monoisotopic (exact) mass is 439 g/mol. The van der Waals surface area contributed by atoms with Crippen molar-refractivity contribution < 1.29 is 9.18 Å². The van der Waals surface area contributed by atoms with Crippen LogP contribution >= 0.6 is 0 Å². The first-order chi connectivity index (χ1) is 16.1. The van der Waals surface area contributed by atoms with E-state index < -0.39 is 0 Å². The highest BCUT2D eigenvalue weighted by Gasteiger charge is 2.46. The summed E-state index contributed by atoms with van der Waals surface area (Å²) >= 11 is 0. The van der Waals surface area contributed by atoms with Crippen LogP contribution in [0.1, 0.15) is 48.9 Å². The van der Waals surface area contributed by atoms with Crippen molar-refractivity contribution in [2.45, 2.75) is 50.4 Å². The van der Waals surface area contributed by atoms with Gasteiger partial charge in [0.05, 0.1) is 17.4 Å². The summed E-state index contributed by atoms with van der Waals surface area (Å²) in [5.41, 5.74) is 5.61. The molecule has 0 N–H and O–H groups in total. The summed E-state index contributed by atoms with van der Waals surface area (Å²) in [7, 11) is 0. The van der Waals surface area contributed by atoms with Crippen molar-refractivity contribution in [3.05, 3.63) is 89.6 Å². The summed E-state index contributed by atoms with van der Waals surface area (Å²) in [4.78, 5) is 17.1. The van der Waals surface area contributed by atoms with E-state index in [1.54, 1.807) is 12.1 Å². The molecule has 4 nitrogen and oxygen atoms in total. The van der Waals surface area contributed by atoms with E-state index >= 15 is 0 Å². The number of carbonyl (C=O) groups is 1. The van der Waals surface area contributed by atoms with Gasteiger partial charge >= 0.3 is 0 Å². The number of aryl methyl sites for hydroxylation is 1. The van der Waals surface area contributed by atoms with E-state index in [1.165, 1.54) is 23.3 Å². The maximum atomic E-state index is 13.5. The zero-order valence-electron chi connectivity index (χ0n) is 18.5. The van der Waals surface area contributed by atoms with Gasteiger partial charge in [-0.2, -0.15) is 5.10 Å². The van der Waals surface area contributed by atoms with E-state index in [0.717, 1.165) is 54.4 Å². The molecule has 1 fully saturated rings. The second-order valence-corrected chi connectivity index (χ2v) is 9.59. The number of hydrogen-bond acceptors (Lipinski definition) is 3. The van der Waals surface area contributed by atoms with Crippen LogP contribution in [-0.2, 0) is 23.1 Å². The number of pyridine rings is 1. The van der Waals surface area contributed by atoms with Gasteiger partial charge in [0.25, 0.3) is 0 Å². The number of halogens is 1. The Bertz CT molecular complexity index is 1330. The number of aromatic nitrogens is 3. The quantitative estimate of drug-likeness (QED) is 0.409. The molecule has 2 aromatic carbocycles. The molecule has 2 atom stereocenters. The normalized spacial score (nSPS) is 22.6. The second kappa shape index (κ2) is 7.91. The lowest BCUT2D eigenvalue weighted by molar-refractivity contribution is -0.123. The molecule has 2 aromatic heterocycles. The maximum absolute atomic E-state index is 13.5. The summed E-state index contributed by atoms with van der Waals surface area (Å²) in [5, 5.41) is 5.72. The van der Waals surface area contributed by atoms with Crippen LogP contribution in [0.5, 0.6) is 0 Å². The van der Waals surface area contributed by atoms with Crippen LogP contribution in [-0.4, -0.2) is 20.5 Å². The van der Waals surface area contributed by atoms with Crippen molar-refractivity contribution in [2.75, 3.05) is 0 Å². The Morgan fingerprint density at radius 1 is 1.09 bits per heavy atom. The van der Waals surface area contributed by atoms with E-state index in [2.05, 4.69) is 34.3 Å². The molecule has 0 aliphatic heterocycles. The molecule has 2 unspecified atom stereocenters. The number of carbonyl (C=O) groups excluding carboxylic acids is 1. The SMILES string of the molecule is O=C1CCC2(Cc3ccccn3)c3cc4cnn(-c5ccc(F)cc5)c4cc3CCCC2C1. The molecule has 166 valence electrons. The fraction of sp³-hybridized carbons (Fsp3) is 0.321. The van der Waals surface area contributed by atoms with Gasteiger partial charge in [-0.15, -0.1) is 0 Å². The highest BCUT2D eigenvalue weighted by Crippen LogP contribution is 2.51. The summed E-state index contributed by atoms with van der Waals surface area (Å²) in [5.74, 6) is 0.482. The number of ketones is 1. The summed E-state index contributed by atoms with van der Waals surface area (Å²) in [6, 6.07) is 17.2. The van der Waals surface area contributed by atoms with E-state index in [-0.39, 0.29) is 11.2 Å². The molecule has 0 radical (unpaired) electrons. The minimum absolute atomic E-state index is 0.0831. The van der Waals surface area contributed by atoms with Crippen LogP contribution in [0.3, 0.4) is 0 Å². The number of rotatable bonds is 3. The summed E-state index contributed by atoms with van der Waals surface area (Å²) in [6.07, 6.45) is 9.93. The van der Waals surface area contributed by atoms with E-state index in [9.17, 15) is 9.18 Å². The van der Waals surface area contributed by atoms with Crippen molar-refractivity contribution in [3.63, 3.8) is 0 Å². The third-order valence-electron chi connectivity index (χ3n) is 7.73. The van der Waals surface area contributed by atoms with Crippen molar-refractivity contribution >= 4 is 16.7 Å². The van der Waals surface area contributed by atoms with Crippen LogP contribution in [0.15, 0.2) is 67.0 Å². The van der Waals surface area contributed by atoms with Gasteiger partial charge in [-0.3, -0.25) is 9.78 Å². The molecular weight excluding hydrogens is 413 g/mol. The van der Waals surface area contributed by atoms with E-state index in [0.29, 0.717) is 24.5 Å². The number of Topliss-reactive ketones (excluding diaryl/α,β-unsaturated/α-hetero) is 1. The first-order valence-electron chi connectivity index (χ1n) is 11.8.